The van der Waals surface area contributed by atoms with Gasteiger partial charge in [0.05, 0.1) is 22.7 Å². The summed E-state index contributed by atoms with van der Waals surface area (Å²) in [5.74, 6) is -0.659. The van der Waals surface area contributed by atoms with Crippen LogP contribution in [-0.4, -0.2) is 48.9 Å². The molecule has 4 rings (SSSR count). The number of aryl methyl sites for hydroxylation is 1. The number of rotatable bonds is 7. The Kier molecular flexibility index (Phi) is 6.12. The van der Waals surface area contributed by atoms with Crippen molar-refractivity contribution in [1.29, 1.82) is 0 Å². The van der Waals surface area contributed by atoms with Gasteiger partial charge in [-0.1, -0.05) is 23.4 Å². The van der Waals surface area contributed by atoms with Crippen molar-refractivity contribution in [2.45, 2.75) is 18.7 Å². The molecule has 2 heterocycles. The first-order valence-corrected chi connectivity index (χ1v) is 11.8. The molecule has 2 aromatic carbocycles. The van der Waals surface area contributed by atoms with Crippen LogP contribution >= 0.6 is 0 Å². The van der Waals surface area contributed by atoms with Crippen molar-refractivity contribution in [3.8, 4) is 0 Å². The molecule has 0 unspecified atom stereocenters. The number of aromatic nitrogens is 2. The maximum atomic E-state index is 12.8. The number of para-hydroxylation sites is 1. The summed E-state index contributed by atoms with van der Waals surface area (Å²) in [4.78, 5) is 29.6. The highest BCUT2D eigenvalue weighted by Gasteiger charge is 2.20. The monoisotopic (exact) mass is 481 g/mol. The van der Waals surface area contributed by atoms with Crippen molar-refractivity contribution in [1.82, 2.24) is 15.0 Å². The largest absolute Gasteiger partial charge is 0.360 e. The molecule has 0 aliphatic heterocycles. The zero-order valence-corrected chi connectivity index (χ0v) is 19.6. The number of carbonyl (C=O) groups excluding carboxylic acids is 2. The van der Waals surface area contributed by atoms with E-state index in [4.69, 9.17) is 4.52 Å². The van der Waals surface area contributed by atoms with Gasteiger partial charge >= 0.3 is 0 Å². The van der Waals surface area contributed by atoms with Crippen LogP contribution in [0, 0.1) is 13.8 Å². The lowest BCUT2D eigenvalue weighted by Gasteiger charge is -2.16. The smallest absolute Gasteiger partial charge is 0.264 e. The summed E-state index contributed by atoms with van der Waals surface area (Å²) in [6, 6.07) is 13.1. The number of nitrogens with one attached hydrogen (secondary N) is 3. The van der Waals surface area contributed by atoms with Gasteiger partial charge in [0.1, 0.15) is 0 Å². The number of fused-ring (bicyclic) bond motifs is 1. The molecule has 0 saturated heterocycles. The molecule has 2 aromatic heterocycles. The van der Waals surface area contributed by atoms with Crippen molar-refractivity contribution in [2.24, 2.45) is 0 Å². The third-order valence-electron chi connectivity index (χ3n) is 5.38. The minimum absolute atomic E-state index is 0.00872. The van der Waals surface area contributed by atoms with E-state index in [9.17, 15) is 18.0 Å². The van der Waals surface area contributed by atoms with Gasteiger partial charge in [-0.25, -0.2) is 13.1 Å². The van der Waals surface area contributed by atoms with Gasteiger partial charge in [-0.3, -0.25) is 9.59 Å². The summed E-state index contributed by atoms with van der Waals surface area (Å²) in [7, 11) is -2.35. The summed E-state index contributed by atoms with van der Waals surface area (Å²) < 4.78 is 32.5. The fourth-order valence-corrected chi connectivity index (χ4v) is 4.40. The normalized spacial score (nSPS) is 11.4. The molecule has 0 saturated carbocycles. The van der Waals surface area contributed by atoms with Crippen LogP contribution in [-0.2, 0) is 14.8 Å². The molecule has 0 aliphatic carbocycles. The number of anilines is 2. The lowest BCUT2D eigenvalue weighted by molar-refractivity contribution is -0.116. The third-order valence-corrected chi connectivity index (χ3v) is 6.73. The van der Waals surface area contributed by atoms with Gasteiger partial charge in [0.25, 0.3) is 15.9 Å². The second-order valence-electron chi connectivity index (χ2n) is 7.81. The molecule has 0 radical (unpaired) electrons. The van der Waals surface area contributed by atoms with Crippen molar-refractivity contribution >= 4 is 44.3 Å². The van der Waals surface area contributed by atoms with E-state index in [0.717, 1.165) is 10.9 Å². The summed E-state index contributed by atoms with van der Waals surface area (Å²) >= 11 is 0. The molecule has 2 amide bonds. The first-order chi connectivity index (χ1) is 16.2. The topological polar surface area (TPSA) is 137 Å². The highest BCUT2D eigenvalue weighted by atomic mass is 32.2. The van der Waals surface area contributed by atoms with E-state index in [2.05, 4.69) is 20.2 Å². The molecule has 11 heteroatoms. The van der Waals surface area contributed by atoms with Gasteiger partial charge in [-0.05, 0) is 44.2 Å². The second kappa shape index (κ2) is 9.02. The number of nitrogens with zero attached hydrogens (tertiary/aromatic N) is 2. The van der Waals surface area contributed by atoms with E-state index in [0.29, 0.717) is 22.5 Å². The number of aromatic amines is 1. The maximum Gasteiger partial charge on any atom is 0.264 e. The fourth-order valence-electron chi connectivity index (χ4n) is 3.35. The molecular weight excluding hydrogens is 458 g/mol. The van der Waals surface area contributed by atoms with E-state index in [1.54, 1.807) is 20.0 Å². The second-order valence-corrected chi connectivity index (χ2v) is 9.49. The first kappa shape index (κ1) is 23.1. The highest BCUT2D eigenvalue weighted by Crippen LogP contribution is 2.23. The molecule has 176 valence electrons. The Balaban J connectivity index is 1.38. The summed E-state index contributed by atoms with van der Waals surface area (Å²) in [5.41, 5.74) is 2.89. The lowest BCUT2D eigenvalue weighted by Crippen LogP contribution is -2.34. The zero-order chi connectivity index (χ0) is 24.5. The summed E-state index contributed by atoms with van der Waals surface area (Å²) in [6.45, 7) is 3.23. The zero-order valence-electron chi connectivity index (χ0n) is 18.7. The summed E-state index contributed by atoms with van der Waals surface area (Å²) in [5, 5.41) is 7.17. The highest BCUT2D eigenvalue weighted by molar-refractivity contribution is 7.92. The van der Waals surface area contributed by atoms with Crippen LogP contribution in [0.5, 0.6) is 0 Å². The number of sulfonamides is 1. The van der Waals surface area contributed by atoms with Crippen LogP contribution in [0.3, 0.4) is 0 Å². The van der Waals surface area contributed by atoms with Crippen molar-refractivity contribution in [3.63, 3.8) is 0 Å². The Morgan fingerprint density at radius 2 is 1.79 bits per heavy atom. The molecule has 0 aliphatic rings. The molecule has 0 bridgehead atoms. The minimum atomic E-state index is -3.89. The quantitative estimate of drug-likeness (QED) is 0.370. The van der Waals surface area contributed by atoms with Gasteiger partial charge in [-0.2, -0.15) is 0 Å². The average Bonchev–Trinajstić information content (AvgIpc) is 3.37. The number of H-pyrrole nitrogens is 1. The van der Waals surface area contributed by atoms with Crippen molar-refractivity contribution in [2.75, 3.05) is 23.6 Å². The van der Waals surface area contributed by atoms with E-state index in [1.807, 2.05) is 24.3 Å². The summed E-state index contributed by atoms with van der Waals surface area (Å²) in [6.07, 6.45) is 1.62. The number of benzene rings is 2. The lowest BCUT2D eigenvalue weighted by atomic mass is 10.1. The Morgan fingerprint density at radius 1 is 1.09 bits per heavy atom. The van der Waals surface area contributed by atoms with Gasteiger partial charge in [0.15, 0.2) is 0 Å². The van der Waals surface area contributed by atoms with E-state index in [-0.39, 0.29) is 23.2 Å². The Labute approximate surface area is 196 Å². The predicted molar refractivity (Wildman–Crippen MR) is 127 cm³/mol. The first-order valence-electron chi connectivity index (χ1n) is 10.3. The van der Waals surface area contributed by atoms with Crippen molar-refractivity contribution in [3.05, 3.63) is 71.5 Å². The number of likely N-dealkylation sites (N-methyl/N-ethyl adjacent to an activating group) is 1. The number of hydrogen-bond acceptors (Lipinski definition) is 6. The molecule has 3 N–H and O–H groups in total. The van der Waals surface area contributed by atoms with Gasteiger partial charge in [-0.15, -0.1) is 0 Å². The minimum Gasteiger partial charge on any atom is -0.360 e. The van der Waals surface area contributed by atoms with Crippen LogP contribution in [0.15, 0.2) is 64.1 Å². The molecule has 0 fully saturated rings. The van der Waals surface area contributed by atoms with Gasteiger partial charge in [0, 0.05) is 35.4 Å². The molecule has 0 atom stereocenters. The van der Waals surface area contributed by atoms with Crippen LogP contribution in [0.2, 0.25) is 0 Å². The average molecular weight is 482 g/mol. The molecule has 0 spiro atoms. The number of hydrogen-bond donors (Lipinski definition) is 3. The van der Waals surface area contributed by atoms with Gasteiger partial charge < -0.3 is 19.7 Å². The third kappa shape index (κ3) is 4.64. The van der Waals surface area contributed by atoms with Crippen LogP contribution in [0.1, 0.15) is 21.6 Å². The predicted octanol–water partition coefficient (Wildman–Crippen LogP) is 3.28. The Morgan fingerprint density at radius 3 is 2.47 bits per heavy atom. The molecule has 4 aromatic rings. The SMILES string of the molecule is Cc1noc(NS(=O)(=O)c2ccc(NC(=O)CN(C)C(=O)c3c[nH]c4ccccc34)cc2)c1C. The van der Waals surface area contributed by atoms with Crippen molar-refractivity contribution < 1.29 is 22.5 Å². The molecular formula is C23H23N5O5S. The molecule has 34 heavy (non-hydrogen) atoms. The Hall–Kier alpha value is -4.12. The van der Waals surface area contributed by atoms with Gasteiger partial charge in [0.2, 0.25) is 11.8 Å². The van der Waals surface area contributed by atoms with E-state index in [1.165, 1.54) is 36.2 Å². The molecule has 10 nitrogen and oxygen atoms in total. The van der Waals surface area contributed by atoms with E-state index < -0.39 is 15.9 Å². The van der Waals surface area contributed by atoms with Crippen LogP contribution < -0.4 is 10.0 Å². The van der Waals surface area contributed by atoms with Crippen LogP contribution in [0.25, 0.3) is 10.9 Å². The standard InChI is InChI=1S/C23H23N5O5S/c1-14-15(2)26-33-22(14)27-34(31,32)17-10-8-16(9-11-17)25-21(29)13-28(3)23(30)19-12-24-20-7-5-4-6-18(19)20/h4-12,24,27H,13H2,1-3H3,(H,25,29). The van der Waals surface area contributed by atoms with Crippen LogP contribution in [0.4, 0.5) is 11.6 Å². The fraction of sp³-hybridized carbons (Fsp3) is 0.174. The number of carbonyl (C=O) groups is 2. The van der Waals surface area contributed by atoms with E-state index >= 15 is 0 Å². The maximum absolute atomic E-state index is 12.8. The number of amides is 2. The Bertz CT molecular complexity index is 1470.